The Morgan fingerprint density at radius 3 is 2.94 bits per heavy atom. The molecule has 1 aliphatic heterocycles. The van der Waals surface area contributed by atoms with Crippen molar-refractivity contribution in [3.05, 3.63) is 12.2 Å². The minimum Gasteiger partial charge on any atom is -0.387 e. The molecule has 0 aromatic carbocycles. The molecule has 0 aromatic rings. The largest absolute Gasteiger partial charge is 0.387 e. The first-order chi connectivity index (χ1) is 7.60. The van der Waals surface area contributed by atoms with Gasteiger partial charge in [0.15, 0.2) is 0 Å². The molecule has 3 fully saturated rings. The van der Waals surface area contributed by atoms with Gasteiger partial charge in [0.2, 0.25) is 0 Å². The van der Waals surface area contributed by atoms with Gasteiger partial charge in [-0.05, 0) is 37.5 Å². The zero-order valence-corrected chi connectivity index (χ0v) is 10.3. The highest BCUT2D eigenvalue weighted by atomic mass is 16.6. The molecule has 2 saturated carbocycles. The van der Waals surface area contributed by atoms with Crippen LogP contribution in [0.3, 0.4) is 0 Å². The average Bonchev–Trinajstić information content (AvgIpc) is 2.98. The molecule has 1 N–H and O–H groups in total. The van der Waals surface area contributed by atoms with Gasteiger partial charge < -0.3 is 9.84 Å². The molecule has 3 rings (SSSR count). The Bertz CT molecular complexity index is 325. The van der Waals surface area contributed by atoms with E-state index in [-0.39, 0.29) is 11.5 Å². The summed E-state index contributed by atoms with van der Waals surface area (Å²) in [5.74, 6) is 0.397. The summed E-state index contributed by atoms with van der Waals surface area (Å²) >= 11 is 0. The molecule has 0 radical (unpaired) electrons. The Hall–Kier alpha value is -0.340. The molecule has 2 aliphatic carbocycles. The van der Waals surface area contributed by atoms with Gasteiger partial charge in [0.05, 0.1) is 11.7 Å². The van der Waals surface area contributed by atoms with Crippen molar-refractivity contribution >= 4 is 0 Å². The summed E-state index contributed by atoms with van der Waals surface area (Å²) in [6, 6.07) is 0. The van der Waals surface area contributed by atoms with Crippen LogP contribution < -0.4 is 0 Å². The van der Waals surface area contributed by atoms with E-state index in [1.807, 2.05) is 0 Å². The van der Waals surface area contributed by atoms with E-state index in [0.717, 1.165) is 25.7 Å². The Labute approximate surface area is 97.7 Å². The van der Waals surface area contributed by atoms with E-state index in [2.05, 4.69) is 26.0 Å². The molecular formula is C14H22O2. The second-order valence-electron chi connectivity index (χ2n) is 6.09. The first-order valence-corrected chi connectivity index (χ1v) is 6.62. The van der Waals surface area contributed by atoms with Gasteiger partial charge in [-0.25, -0.2) is 0 Å². The monoisotopic (exact) mass is 222 g/mol. The van der Waals surface area contributed by atoms with Crippen molar-refractivity contribution in [2.45, 2.75) is 63.8 Å². The van der Waals surface area contributed by atoms with Crippen molar-refractivity contribution in [3.63, 3.8) is 0 Å². The number of ether oxygens (including phenoxy) is 1. The normalized spacial score (nSPS) is 55.8. The number of allylic oxidation sites excluding steroid dienone is 2. The predicted octanol–water partition coefficient (Wildman–Crippen LogP) is 2.66. The molecule has 0 spiro atoms. The van der Waals surface area contributed by atoms with Gasteiger partial charge in [-0.3, -0.25) is 0 Å². The molecule has 5 atom stereocenters. The Morgan fingerprint density at radius 1 is 1.38 bits per heavy atom. The molecule has 90 valence electrons. The van der Waals surface area contributed by atoms with E-state index in [9.17, 15) is 5.11 Å². The van der Waals surface area contributed by atoms with Crippen LogP contribution in [0.5, 0.6) is 0 Å². The minimum atomic E-state index is -0.532. The summed E-state index contributed by atoms with van der Waals surface area (Å²) in [4.78, 5) is 0. The van der Waals surface area contributed by atoms with Gasteiger partial charge in [0.25, 0.3) is 0 Å². The van der Waals surface area contributed by atoms with Crippen LogP contribution in [-0.2, 0) is 4.74 Å². The van der Waals surface area contributed by atoms with Crippen LogP contribution in [0.25, 0.3) is 0 Å². The van der Waals surface area contributed by atoms with Gasteiger partial charge >= 0.3 is 0 Å². The number of epoxide rings is 1. The summed E-state index contributed by atoms with van der Waals surface area (Å²) in [7, 11) is 0. The maximum absolute atomic E-state index is 10.9. The third-order valence-electron chi connectivity index (χ3n) is 4.98. The third kappa shape index (κ3) is 1.32. The quantitative estimate of drug-likeness (QED) is 0.546. The van der Waals surface area contributed by atoms with Crippen LogP contribution in [0.15, 0.2) is 12.2 Å². The molecule has 0 bridgehead atoms. The molecule has 0 aromatic heterocycles. The number of fused-ring (bicyclic) bond motifs is 3. The van der Waals surface area contributed by atoms with Gasteiger partial charge in [-0.2, -0.15) is 0 Å². The van der Waals surface area contributed by atoms with E-state index in [1.165, 1.54) is 6.42 Å². The summed E-state index contributed by atoms with van der Waals surface area (Å²) in [6.45, 7) is 4.37. The number of hydrogen-bond acceptors (Lipinski definition) is 2. The number of rotatable bonds is 1. The smallest absolute Gasteiger partial charge is 0.113 e. The van der Waals surface area contributed by atoms with Crippen LogP contribution in [-0.4, -0.2) is 22.9 Å². The van der Waals surface area contributed by atoms with Crippen molar-refractivity contribution < 1.29 is 9.84 Å². The molecule has 16 heavy (non-hydrogen) atoms. The van der Waals surface area contributed by atoms with Gasteiger partial charge in [-0.15, -0.1) is 0 Å². The lowest BCUT2D eigenvalue weighted by molar-refractivity contribution is -0.111. The first kappa shape index (κ1) is 10.8. The van der Waals surface area contributed by atoms with Crippen LogP contribution >= 0.6 is 0 Å². The highest BCUT2D eigenvalue weighted by molar-refractivity contribution is 5.20. The van der Waals surface area contributed by atoms with Gasteiger partial charge in [0.1, 0.15) is 6.10 Å². The van der Waals surface area contributed by atoms with E-state index in [4.69, 9.17) is 4.74 Å². The second kappa shape index (κ2) is 3.33. The SMILES string of the molecule is C/C=C/[C@]1(C)C[C@H]2O[C@H]2[C@]2(O)CCCC[C@H]21. The molecule has 1 heterocycles. The predicted molar refractivity (Wildman–Crippen MR) is 63.1 cm³/mol. The first-order valence-electron chi connectivity index (χ1n) is 6.62. The van der Waals surface area contributed by atoms with Crippen molar-refractivity contribution in [2.24, 2.45) is 11.3 Å². The standard InChI is InChI=1S/C14H22O2/c1-3-7-13(2)9-10-12(16-10)14(15)8-5-4-6-11(13)14/h3,7,10-12,15H,4-6,8-9H2,1-2H3/b7-3+/t10-,11+,12-,13-,14+/m1/s1. The maximum atomic E-state index is 10.9. The Kier molecular flexibility index (Phi) is 2.25. The zero-order valence-electron chi connectivity index (χ0n) is 10.3. The summed E-state index contributed by atoms with van der Waals surface area (Å²) in [6.07, 6.45) is 10.5. The molecule has 2 nitrogen and oxygen atoms in total. The van der Waals surface area contributed by atoms with E-state index in [0.29, 0.717) is 12.0 Å². The Morgan fingerprint density at radius 2 is 2.19 bits per heavy atom. The second-order valence-corrected chi connectivity index (χ2v) is 6.09. The third-order valence-corrected chi connectivity index (χ3v) is 4.98. The fourth-order valence-corrected chi connectivity index (χ4v) is 4.30. The lowest BCUT2D eigenvalue weighted by Crippen LogP contribution is -2.55. The van der Waals surface area contributed by atoms with Gasteiger partial charge in [0, 0.05) is 0 Å². The Balaban J connectivity index is 1.96. The summed E-state index contributed by atoms with van der Waals surface area (Å²) in [5.41, 5.74) is -0.392. The lowest BCUT2D eigenvalue weighted by atomic mass is 9.55. The summed E-state index contributed by atoms with van der Waals surface area (Å²) < 4.78 is 5.71. The van der Waals surface area contributed by atoms with Crippen LogP contribution in [0.2, 0.25) is 0 Å². The lowest BCUT2D eigenvalue weighted by Gasteiger charge is -2.50. The van der Waals surface area contributed by atoms with Crippen molar-refractivity contribution in [1.82, 2.24) is 0 Å². The maximum Gasteiger partial charge on any atom is 0.113 e. The van der Waals surface area contributed by atoms with Crippen molar-refractivity contribution in [1.29, 1.82) is 0 Å². The highest BCUT2D eigenvalue weighted by Gasteiger charge is 2.66. The minimum absolute atomic E-state index is 0.140. The average molecular weight is 222 g/mol. The molecule has 1 saturated heterocycles. The van der Waals surface area contributed by atoms with Crippen LogP contribution in [0.4, 0.5) is 0 Å². The molecule has 0 unspecified atom stereocenters. The number of hydrogen-bond donors (Lipinski definition) is 1. The fraction of sp³-hybridized carbons (Fsp3) is 0.857. The van der Waals surface area contributed by atoms with Gasteiger partial charge in [-0.1, -0.05) is 31.9 Å². The van der Waals surface area contributed by atoms with E-state index in [1.54, 1.807) is 0 Å². The van der Waals surface area contributed by atoms with Crippen molar-refractivity contribution in [3.8, 4) is 0 Å². The van der Waals surface area contributed by atoms with Crippen molar-refractivity contribution in [2.75, 3.05) is 0 Å². The number of aliphatic hydroxyl groups is 1. The highest BCUT2D eigenvalue weighted by Crippen LogP contribution is 2.60. The van der Waals surface area contributed by atoms with Crippen LogP contribution in [0.1, 0.15) is 46.0 Å². The van der Waals surface area contributed by atoms with E-state index >= 15 is 0 Å². The zero-order chi connectivity index (χ0) is 11.4. The van der Waals surface area contributed by atoms with Crippen LogP contribution in [0, 0.1) is 11.3 Å². The molecule has 3 aliphatic rings. The van der Waals surface area contributed by atoms with E-state index < -0.39 is 5.60 Å². The molecular weight excluding hydrogens is 200 g/mol. The molecule has 0 amide bonds. The molecule has 2 heteroatoms. The fourth-order valence-electron chi connectivity index (χ4n) is 4.30. The topological polar surface area (TPSA) is 32.8 Å². The summed E-state index contributed by atoms with van der Waals surface area (Å²) in [5, 5.41) is 10.9.